The summed E-state index contributed by atoms with van der Waals surface area (Å²) in [5.74, 6) is 0.00347. The van der Waals surface area contributed by atoms with Crippen LogP contribution >= 0.6 is 0 Å². The number of aliphatic hydroxyl groups is 1. The smallest absolute Gasteiger partial charge is 0.142 e. The second-order valence-electron chi connectivity index (χ2n) is 3.33. The maximum atomic E-state index is 13.0. The summed E-state index contributed by atoms with van der Waals surface area (Å²) in [6.45, 7) is 0. The van der Waals surface area contributed by atoms with Gasteiger partial charge in [-0.15, -0.1) is 0 Å². The van der Waals surface area contributed by atoms with Crippen LogP contribution in [0, 0.1) is 5.92 Å². The largest absolute Gasteiger partial charge is 0.376 e. The van der Waals surface area contributed by atoms with Gasteiger partial charge < -0.3 is 10.8 Å². The van der Waals surface area contributed by atoms with E-state index in [9.17, 15) is 4.39 Å². The topological polar surface area (TPSA) is 46.2 Å². The van der Waals surface area contributed by atoms with Crippen LogP contribution < -0.4 is 5.73 Å². The van der Waals surface area contributed by atoms with Gasteiger partial charge in [-0.1, -0.05) is 19.3 Å². The molecule has 0 aromatic rings. The molecular weight excluding hydrogens is 145 g/mol. The Balaban J connectivity index is 2.32. The minimum Gasteiger partial charge on any atom is -0.376 e. The van der Waals surface area contributed by atoms with Gasteiger partial charge in [0.1, 0.15) is 12.4 Å². The lowest BCUT2D eigenvalue weighted by Gasteiger charge is -2.26. The molecule has 2 nitrogen and oxygen atoms in total. The Morgan fingerprint density at radius 3 is 2.27 bits per heavy atom. The normalized spacial score (nSPS) is 26.5. The van der Waals surface area contributed by atoms with Gasteiger partial charge >= 0.3 is 0 Å². The Morgan fingerprint density at radius 2 is 1.82 bits per heavy atom. The molecule has 0 radical (unpaired) electrons. The minimum atomic E-state index is -1.28. The molecule has 1 aliphatic rings. The first-order valence-corrected chi connectivity index (χ1v) is 4.29. The van der Waals surface area contributed by atoms with Crippen molar-refractivity contribution in [3.05, 3.63) is 0 Å². The lowest BCUT2D eigenvalue weighted by molar-refractivity contribution is 0.0339. The van der Waals surface area contributed by atoms with E-state index in [-0.39, 0.29) is 5.92 Å². The van der Waals surface area contributed by atoms with E-state index >= 15 is 0 Å². The van der Waals surface area contributed by atoms with Crippen molar-refractivity contribution in [2.75, 3.05) is 0 Å². The molecule has 1 fully saturated rings. The van der Waals surface area contributed by atoms with Crippen molar-refractivity contribution in [2.45, 2.75) is 44.5 Å². The summed E-state index contributed by atoms with van der Waals surface area (Å²) in [5, 5.41) is 8.78. The van der Waals surface area contributed by atoms with E-state index in [1.54, 1.807) is 0 Å². The highest BCUT2D eigenvalue weighted by molar-refractivity contribution is 4.76. The number of halogens is 1. The van der Waals surface area contributed by atoms with Gasteiger partial charge in [0, 0.05) is 0 Å². The summed E-state index contributed by atoms with van der Waals surface area (Å²) >= 11 is 0. The van der Waals surface area contributed by atoms with Crippen LogP contribution in [0.5, 0.6) is 0 Å². The van der Waals surface area contributed by atoms with Gasteiger partial charge in [0.2, 0.25) is 0 Å². The zero-order chi connectivity index (χ0) is 8.27. The van der Waals surface area contributed by atoms with Crippen LogP contribution in [0.15, 0.2) is 0 Å². The van der Waals surface area contributed by atoms with Crippen molar-refractivity contribution in [1.82, 2.24) is 0 Å². The second-order valence-corrected chi connectivity index (χ2v) is 3.33. The van der Waals surface area contributed by atoms with Crippen LogP contribution in [-0.4, -0.2) is 17.5 Å². The van der Waals surface area contributed by atoms with Crippen molar-refractivity contribution >= 4 is 0 Å². The fraction of sp³-hybridized carbons (Fsp3) is 1.00. The van der Waals surface area contributed by atoms with Crippen molar-refractivity contribution < 1.29 is 9.50 Å². The maximum Gasteiger partial charge on any atom is 0.142 e. The molecule has 0 aliphatic heterocycles. The number of aliphatic hydroxyl groups excluding tert-OH is 1. The third-order valence-electron chi connectivity index (χ3n) is 2.43. The third-order valence-corrected chi connectivity index (χ3v) is 2.43. The molecule has 3 N–H and O–H groups in total. The van der Waals surface area contributed by atoms with Crippen LogP contribution in [0.1, 0.15) is 32.1 Å². The fourth-order valence-electron chi connectivity index (χ4n) is 1.73. The molecule has 0 amide bonds. The Labute approximate surface area is 66.6 Å². The Morgan fingerprint density at radius 1 is 1.27 bits per heavy atom. The SMILES string of the molecule is NC(O)C(F)C1CCCCC1. The van der Waals surface area contributed by atoms with Crippen molar-refractivity contribution in [2.24, 2.45) is 11.7 Å². The number of rotatable bonds is 2. The summed E-state index contributed by atoms with van der Waals surface area (Å²) in [7, 11) is 0. The summed E-state index contributed by atoms with van der Waals surface area (Å²) in [6, 6.07) is 0. The standard InChI is InChI=1S/C8H16FNO/c9-7(8(10)11)6-4-2-1-3-5-6/h6-8,11H,1-5,10H2. The Hall–Kier alpha value is -0.150. The highest BCUT2D eigenvalue weighted by Crippen LogP contribution is 2.28. The number of hydrogen-bond donors (Lipinski definition) is 2. The van der Waals surface area contributed by atoms with Crippen molar-refractivity contribution in [1.29, 1.82) is 0 Å². The van der Waals surface area contributed by atoms with E-state index in [2.05, 4.69) is 0 Å². The van der Waals surface area contributed by atoms with E-state index in [0.717, 1.165) is 25.7 Å². The zero-order valence-corrected chi connectivity index (χ0v) is 6.67. The molecule has 0 bridgehead atoms. The van der Waals surface area contributed by atoms with E-state index in [1.807, 2.05) is 0 Å². The summed E-state index contributed by atoms with van der Waals surface area (Å²) in [6.07, 6.45) is 2.64. The number of hydrogen-bond acceptors (Lipinski definition) is 2. The molecule has 0 spiro atoms. The van der Waals surface area contributed by atoms with E-state index in [4.69, 9.17) is 10.8 Å². The Kier molecular flexibility index (Phi) is 3.27. The monoisotopic (exact) mass is 161 g/mol. The van der Waals surface area contributed by atoms with Gasteiger partial charge in [-0.25, -0.2) is 4.39 Å². The van der Waals surface area contributed by atoms with Gasteiger partial charge in [-0.05, 0) is 18.8 Å². The van der Waals surface area contributed by atoms with Crippen molar-refractivity contribution in [3.8, 4) is 0 Å². The van der Waals surface area contributed by atoms with Gasteiger partial charge in [-0.3, -0.25) is 0 Å². The molecule has 1 rings (SSSR count). The van der Waals surface area contributed by atoms with E-state index in [0.29, 0.717) is 0 Å². The summed E-state index contributed by atoms with van der Waals surface area (Å²) in [5.41, 5.74) is 5.05. The van der Waals surface area contributed by atoms with Gasteiger partial charge in [0.15, 0.2) is 0 Å². The molecule has 1 saturated carbocycles. The predicted molar refractivity (Wildman–Crippen MR) is 41.7 cm³/mol. The average Bonchev–Trinajstić information content (AvgIpc) is 2.05. The quantitative estimate of drug-likeness (QED) is 0.597. The number of nitrogens with two attached hydrogens (primary N) is 1. The van der Waals surface area contributed by atoms with Gasteiger partial charge in [0.05, 0.1) is 0 Å². The van der Waals surface area contributed by atoms with Crippen LogP contribution in [0.25, 0.3) is 0 Å². The second kappa shape index (κ2) is 4.02. The summed E-state index contributed by atoms with van der Waals surface area (Å²) in [4.78, 5) is 0. The lowest BCUT2D eigenvalue weighted by atomic mass is 9.85. The molecule has 0 heterocycles. The van der Waals surface area contributed by atoms with E-state index in [1.165, 1.54) is 6.42 Å². The molecule has 1 aliphatic carbocycles. The molecule has 2 unspecified atom stereocenters. The van der Waals surface area contributed by atoms with Gasteiger partial charge in [-0.2, -0.15) is 0 Å². The zero-order valence-electron chi connectivity index (χ0n) is 6.67. The van der Waals surface area contributed by atoms with Crippen LogP contribution in [0.3, 0.4) is 0 Å². The third kappa shape index (κ3) is 2.42. The number of alkyl halides is 1. The first kappa shape index (κ1) is 8.94. The lowest BCUT2D eigenvalue weighted by Crippen LogP contribution is -2.37. The molecule has 3 heteroatoms. The van der Waals surface area contributed by atoms with Crippen molar-refractivity contribution in [3.63, 3.8) is 0 Å². The van der Waals surface area contributed by atoms with E-state index < -0.39 is 12.4 Å². The van der Waals surface area contributed by atoms with Crippen LogP contribution in [-0.2, 0) is 0 Å². The summed E-state index contributed by atoms with van der Waals surface area (Å²) < 4.78 is 13.0. The van der Waals surface area contributed by atoms with Crippen LogP contribution in [0.2, 0.25) is 0 Å². The Bertz CT molecular complexity index is 113. The predicted octanol–water partition coefficient (Wildman–Crippen LogP) is 1.18. The molecule has 66 valence electrons. The average molecular weight is 161 g/mol. The van der Waals surface area contributed by atoms with Gasteiger partial charge in [0.25, 0.3) is 0 Å². The first-order chi connectivity index (χ1) is 5.22. The molecule has 0 aromatic heterocycles. The molecular formula is C8H16FNO. The molecule has 11 heavy (non-hydrogen) atoms. The highest BCUT2D eigenvalue weighted by atomic mass is 19.1. The molecule has 0 saturated heterocycles. The fourth-order valence-corrected chi connectivity index (χ4v) is 1.73. The van der Waals surface area contributed by atoms with Crippen LogP contribution in [0.4, 0.5) is 4.39 Å². The molecule has 2 atom stereocenters. The molecule has 0 aromatic carbocycles. The maximum absolute atomic E-state index is 13.0. The highest BCUT2D eigenvalue weighted by Gasteiger charge is 2.26. The minimum absolute atomic E-state index is 0.00347. The first-order valence-electron chi connectivity index (χ1n) is 4.29.